The molecule has 1 aromatic carbocycles. The van der Waals surface area contributed by atoms with Crippen molar-refractivity contribution >= 4 is 32.5 Å². The Kier molecular flexibility index (Phi) is 12.4. The van der Waals surface area contributed by atoms with E-state index >= 15 is 0 Å². The molecule has 0 radical (unpaired) electrons. The fourth-order valence-electron chi connectivity index (χ4n) is 3.71. The van der Waals surface area contributed by atoms with Crippen molar-refractivity contribution in [2.45, 2.75) is 68.1 Å². The molecule has 1 aliphatic rings. The van der Waals surface area contributed by atoms with Gasteiger partial charge in [-0.2, -0.15) is 0 Å². The number of benzene rings is 1. The summed E-state index contributed by atoms with van der Waals surface area (Å²) in [6.07, 6.45) is 0. The SMILES string of the molecule is CC1C(C)C(C)C(C)C1C.Cc1cccc(C)c1[N-][Si](C)(C)C.[Cl][Ti][Cl]. The Hall–Kier alpha value is 0.531. The molecule has 0 amide bonds. The van der Waals surface area contributed by atoms with Crippen LogP contribution in [0.3, 0.4) is 0 Å². The molecular weight excluding hydrogens is 413 g/mol. The Morgan fingerprint density at radius 3 is 1.27 bits per heavy atom. The molecule has 5 heteroatoms. The first-order valence-corrected chi connectivity index (χ1v) is 17.4. The zero-order chi connectivity index (χ0) is 20.7. The van der Waals surface area contributed by atoms with Gasteiger partial charge in [0.25, 0.3) is 0 Å². The molecule has 0 heterocycles. The third kappa shape index (κ3) is 8.69. The first-order valence-electron chi connectivity index (χ1n) is 9.62. The molecule has 0 bridgehead atoms. The first kappa shape index (κ1) is 26.5. The number of nitrogens with zero attached hydrogens (tertiary/aromatic N) is 1. The molecule has 0 aliphatic heterocycles. The van der Waals surface area contributed by atoms with Gasteiger partial charge in [-0.05, 0) is 51.7 Å². The van der Waals surface area contributed by atoms with E-state index in [4.69, 9.17) is 23.6 Å². The van der Waals surface area contributed by atoms with Crippen LogP contribution >= 0.6 is 18.6 Å². The molecule has 150 valence electrons. The van der Waals surface area contributed by atoms with E-state index in [0.29, 0.717) is 0 Å². The minimum atomic E-state index is -1.34. The summed E-state index contributed by atoms with van der Waals surface area (Å²) in [5.74, 6) is 4.68. The second-order valence-corrected chi connectivity index (χ2v) is 16.0. The van der Waals surface area contributed by atoms with E-state index in [1.54, 1.807) is 0 Å². The summed E-state index contributed by atoms with van der Waals surface area (Å²) in [6.45, 7) is 23.0. The van der Waals surface area contributed by atoms with Crippen molar-refractivity contribution < 1.29 is 17.0 Å². The predicted octanol–water partition coefficient (Wildman–Crippen LogP) is 8.70. The van der Waals surface area contributed by atoms with E-state index in [2.05, 4.69) is 86.3 Å². The van der Waals surface area contributed by atoms with E-state index in [-0.39, 0.29) is 0 Å². The topological polar surface area (TPSA) is 14.1 Å². The maximum atomic E-state index is 4.89. The summed E-state index contributed by atoms with van der Waals surface area (Å²) < 4.78 is 0. The fourth-order valence-corrected chi connectivity index (χ4v) is 4.74. The van der Waals surface area contributed by atoms with E-state index in [0.717, 1.165) is 29.6 Å². The van der Waals surface area contributed by atoms with Crippen LogP contribution in [0, 0.1) is 43.4 Å². The Morgan fingerprint density at radius 2 is 1.04 bits per heavy atom. The van der Waals surface area contributed by atoms with Gasteiger partial charge in [0.2, 0.25) is 0 Å². The number of hydrogen-bond acceptors (Lipinski definition) is 0. The van der Waals surface area contributed by atoms with Crippen LogP contribution in [0.4, 0.5) is 5.69 Å². The van der Waals surface area contributed by atoms with Crippen LogP contribution in [0.2, 0.25) is 19.6 Å². The molecule has 26 heavy (non-hydrogen) atoms. The van der Waals surface area contributed by atoms with Crippen LogP contribution in [0.15, 0.2) is 18.2 Å². The monoisotopic (exact) mass is 450 g/mol. The summed E-state index contributed by atoms with van der Waals surface area (Å²) in [7, 11) is 8.44. The van der Waals surface area contributed by atoms with Crippen molar-refractivity contribution in [3.63, 3.8) is 0 Å². The van der Waals surface area contributed by atoms with Crippen LogP contribution in [-0.4, -0.2) is 8.24 Å². The van der Waals surface area contributed by atoms with Crippen molar-refractivity contribution in [3.05, 3.63) is 34.3 Å². The van der Waals surface area contributed by atoms with Gasteiger partial charge >= 0.3 is 35.6 Å². The quantitative estimate of drug-likeness (QED) is 0.399. The molecule has 1 fully saturated rings. The Bertz CT molecular complexity index is 468. The van der Waals surface area contributed by atoms with Gasteiger partial charge < -0.3 is 4.98 Å². The molecule has 1 aromatic rings. The Labute approximate surface area is 180 Å². The Morgan fingerprint density at radius 1 is 0.769 bits per heavy atom. The molecule has 0 saturated heterocycles. The normalized spacial score (nSPS) is 27.6. The van der Waals surface area contributed by atoms with Crippen LogP contribution in [-0.2, 0) is 17.0 Å². The third-order valence-electron chi connectivity index (χ3n) is 6.03. The molecule has 1 aliphatic carbocycles. The number of aryl methyl sites for hydroxylation is 2. The zero-order valence-corrected chi connectivity index (χ0v) is 22.4. The van der Waals surface area contributed by atoms with Crippen molar-refractivity contribution in [1.82, 2.24) is 0 Å². The molecule has 0 spiro atoms. The average molecular weight is 451 g/mol. The summed E-state index contributed by atoms with van der Waals surface area (Å²) in [5.41, 5.74) is 3.80. The number of halogens is 2. The van der Waals surface area contributed by atoms with Gasteiger partial charge in [0.15, 0.2) is 0 Å². The average Bonchev–Trinajstić information content (AvgIpc) is 2.70. The van der Waals surface area contributed by atoms with E-state index in [1.807, 2.05) is 0 Å². The standard InChI is InChI=1S/C11H18NSi.C10H20.2ClH.Ti/c1-9-7-6-8-10(2)11(9)12-13(3,4)5;1-6-7(2)9(4)10(5)8(6)3;;;/h6-8H,1-5H3;6-10H,1-5H3;2*1H;/q-1;;;;+2/p-2. The van der Waals surface area contributed by atoms with E-state index < -0.39 is 25.3 Å². The summed E-state index contributed by atoms with van der Waals surface area (Å²) in [6, 6.07) is 6.35. The maximum absolute atomic E-state index is 4.89. The van der Waals surface area contributed by atoms with Crippen LogP contribution < -0.4 is 0 Å². The molecule has 2 rings (SSSR count). The van der Waals surface area contributed by atoms with Gasteiger partial charge in [0.05, 0.1) is 0 Å². The number of hydrogen-bond donors (Lipinski definition) is 0. The van der Waals surface area contributed by atoms with Crippen molar-refractivity contribution in [1.29, 1.82) is 0 Å². The summed E-state index contributed by atoms with van der Waals surface area (Å²) >= 11 is -0.556. The summed E-state index contributed by atoms with van der Waals surface area (Å²) in [5, 5.41) is 0. The van der Waals surface area contributed by atoms with E-state index in [9.17, 15) is 0 Å². The second kappa shape index (κ2) is 12.2. The number of rotatable bonds is 2. The molecule has 1 saturated carbocycles. The van der Waals surface area contributed by atoms with Gasteiger partial charge in [0, 0.05) is 0 Å². The molecule has 0 atom stereocenters. The molecule has 0 aromatic heterocycles. The third-order valence-corrected chi connectivity index (χ3v) is 6.93. The Balaban J connectivity index is 0.000000428. The van der Waals surface area contributed by atoms with Crippen molar-refractivity contribution in [3.8, 4) is 0 Å². The molecule has 0 N–H and O–H groups in total. The van der Waals surface area contributed by atoms with Crippen LogP contribution in [0.25, 0.3) is 4.98 Å². The van der Waals surface area contributed by atoms with Gasteiger partial charge in [0.1, 0.15) is 0 Å². The van der Waals surface area contributed by atoms with Crippen LogP contribution in [0.1, 0.15) is 45.7 Å². The van der Waals surface area contributed by atoms with Gasteiger partial charge in [-0.1, -0.05) is 83.6 Å². The van der Waals surface area contributed by atoms with E-state index in [1.165, 1.54) is 16.8 Å². The van der Waals surface area contributed by atoms with Gasteiger partial charge in [-0.25, -0.2) is 0 Å². The van der Waals surface area contributed by atoms with Gasteiger partial charge in [-0.3, -0.25) is 0 Å². The fraction of sp³-hybridized carbons (Fsp3) is 0.714. The first-order chi connectivity index (χ1) is 11.9. The molecule has 1 nitrogen and oxygen atoms in total. The summed E-state index contributed by atoms with van der Waals surface area (Å²) in [4.78, 5) is 4.83. The van der Waals surface area contributed by atoms with Gasteiger partial charge in [-0.15, -0.1) is 5.69 Å². The molecule has 0 unspecified atom stereocenters. The van der Waals surface area contributed by atoms with Crippen LogP contribution in [0.5, 0.6) is 0 Å². The van der Waals surface area contributed by atoms with Crippen molar-refractivity contribution in [2.75, 3.05) is 0 Å². The zero-order valence-electron chi connectivity index (χ0n) is 18.3. The van der Waals surface area contributed by atoms with Crippen molar-refractivity contribution in [2.24, 2.45) is 29.6 Å². The predicted molar refractivity (Wildman–Crippen MR) is 120 cm³/mol. The second-order valence-electron chi connectivity index (χ2n) is 8.89. The molecular formula is C21H38Cl2NSiTi-. The minimum absolute atomic E-state index is 0.556.